The summed E-state index contributed by atoms with van der Waals surface area (Å²) in [5.74, 6) is -2.55. The first-order valence-corrected chi connectivity index (χ1v) is 6.85. The van der Waals surface area contributed by atoms with Crippen molar-refractivity contribution in [3.05, 3.63) is 35.4 Å². The summed E-state index contributed by atoms with van der Waals surface area (Å²) in [7, 11) is 2.65. The van der Waals surface area contributed by atoms with E-state index in [0.717, 1.165) is 0 Å². The van der Waals surface area contributed by atoms with Crippen LogP contribution >= 0.6 is 0 Å². The summed E-state index contributed by atoms with van der Waals surface area (Å²) in [5.41, 5.74) is -1.34. The fourth-order valence-corrected chi connectivity index (χ4v) is 2.56. The highest BCUT2D eigenvalue weighted by Gasteiger charge is 2.42. The van der Waals surface area contributed by atoms with E-state index < -0.39 is 28.5 Å². The van der Waals surface area contributed by atoms with Crippen LogP contribution in [0.5, 0.6) is 17.2 Å². The van der Waals surface area contributed by atoms with Gasteiger partial charge in [0, 0.05) is 11.0 Å². The average molecular weight is 318 g/mol. The van der Waals surface area contributed by atoms with Crippen LogP contribution in [-0.4, -0.2) is 36.0 Å². The maximum Gasteiger partial charge on any atom is 0.234 e. The van der Waals surface area contributed by atoms with E-state index in [2.05, 4.69) is 6.58 Å². The molecular formula is C17H18O6. The number of hydrogen-bond donors (Lipinski definition) is 2. The molecular weight excluding hydrogens is 300 g/mol. The Kier molecular flexibility index (Phi) is 3.94. The first kappa shape index (κ1) is 16.6. The molecule has 6 nitrogen and oxygen atoms in total. The van der Waals surface area contributed by atoms with Crippen LogP contribution in [0.3, 0.4) is 0 Å². The maximum absolute atomic E-state index is 12.4. The molecule has 0 amide bonds. The largest absolute Gasteiger partial charge is 0.507 e. The van der Waals surface area contributed by atoms with Crippen molar-refractivity contribution < 1.29 is 29.3 Å². The summed E-state index contributed by atoms with van der Waals surface area (Å²) in [4.78, 5) is 24.8. The molecule has 1 aromatic rings. The van der Waals surface area contributed by atoms with Crippen molar-refractivity contribution in [2.24, 2.45) is 5.41 Å². The van der Waals surface area contributed by atoms with Gasteiger partial charge in [-0.25, -0.2) is 0 Å². The Morgan fingerprint density at radius 2 is 1.74 bits per heavy atom. The van der Waals surface area contributed by atoms with E-state index in [0.29, 0.717) is 0 Å². The number of methoxy groups -OCH3 is 2. The molecule has 0 spiro atoms. The van der Waals surface area contributed by atoms with Gasteiger partial charge in [-0.15, -0.1) is 6.58 Å². The molecule has 23 heavy (non-hydrogen) atoms. The van der Waals surface area contributed by atoms with Crippen LogP contribution in [0.2, 0.25) is 0 Å². The number of ether oxygens (including phenoxy) is 2. The molecule has 0 radical (unpaired) electrons. The van der Waals surface area contributed by atoms with Crippen LogP contribution in [0.15, 0.2) is 24.3 Å². The summed E-state index contributed by atoms with van der Waals surface area (Å²) in [6, 6.07) is 1.27. The molecule has 122 valence electrons. The molecule has 0 saturated carbocycles. The lowest BCUT2D eigenvalue weighted by Crippen LogP contribution is -2.31. The SMILES string of the molecule is C=CC(C)(C)C1=C(O)c2c(cc(OC)c(OC)c2O)C(=O)C1=O. The summed E-state index contributed by atoms with van der Waals surface area (Å²) >= 11 is 0. The molecule has 0 saturated heterocycles. The zero-order valence-electron chi connectivity index (χ0n) is 13.4. The number of fused-ring (bicyclic) bond motifs is 1. The molecule has 2 rings (SSSR count). The van der Waals surface area contributed by atoms with Gasteiger partial charge in [0.25, 0.3) is 0 Å². The molecule has 0 aromatic heterocycles. The van der Waals surface area contributed by atoms with Crippen LogP contribution in [-0.2, 0) is 4.79 Å². The van der Waals surface area contributed by atoms with Gasteiger partial charge in [-0.3, -0.25) is 9.59 Å². The van der Waals surface area contributed by atoms with Gasteiger partial charge >= 0.3 is 0 Å². The number of allylic oxidation sites excluding steroid dienone is 2. The van der Waals surface area contributed by atoms with Crippen molar-refractivity contribution in [3.63, 3.8) is 0 Å². The standard InChI is InChI=1S/C17H18O6/c1-6-17(2,3)11-13(19)10-8(12(18)15(11)21)7-9(22-4)16(23-5)14(10)20/h6-7,19-20H,1H2,2-5H3. The van der Waals surface area contributed by atoms with Gasteiger partial charge in [0.2, 0.25) is 17.3 Å². The van der Waals surface area contributed by atoms with E-state index in [4.69, 9.17) is 9.47 Å². The number of phenolic OH excluding ortho intramolecular Hbond substituents is 1. The van der Waals surface area contributed by atoms with Crippen molar-refractivity contribution >= 4 is 17.3 Å². The van der Waals surface area contributed by atoms with Gasteiger partial charge in [0.1, 0.15) is 5.76 Å². The van der Waals surface area contributed by atoms with E-state index in [1.54, 1.807) is 13.8 Å². The van der Waals surface area contributed by atoms with E-state index in [9.17, 15) is 19.8 Å². The highest BCUT2D eigenvalue weighted by Crippen LogP contribution is 2.48. The molecule has 1 aliphatic carbocycles. The summed E-state index contributed by atoms with van der Waals surface area (Å²) < 4.78 is 10.1. The van der Waals surface area contributed by atoms with Crippen molar-refractivity contribution in [1.29, 1.82) is 0 Å². The monoisotopic (exact) mass is 318 g/mol. The Morgan fingerprint density at radius 1 is 1.13 bits per heavy atom. The minimum atomic E-state index is -0.950. The Morgan fingerprint density at radius 3 is 2.22 bits per heavy atom. The lowest BCUT2D eigenvalue weighted by atomic mass is 9.74. The topological polar surface area (TPSA) is 93.1 Å². The van der Waals surface area contributed by atoms with Crippen molar-refractivity contribution in [2.45, 2.75) is 13.8 Å². The lowest BCUT2D eigenvalue weighted by molar-refractivity contribution is -0.112. The predicted octanol–water partition coefficient (Wildman–Crippen LogP) is 2.66. The number of rotatable bonds is 4. The molecule has 1 aliphatic rings. The number of aliphatic hydroxyl groups excluding tert-OH is 1. The van der Waals surface area contributed by atoms with E-state index >= 15 is 0 Å². The molecule has 2 N–H and O–H groups in total. The van der Waals surface area contributed by atoms with Crippen molar-refractivity contribution in [2.75, 3.05) is 14.2 Å². The molecule has 0 fully saturated rings. The average Bonchev–Trinajstić information content (AvgIpc) is 2.51. The fourth-order valence-electron chi connectivity index (χ4n) is 2.56. The minimum Gasteiger partial charge on any atom is -0.507 e. The third-order valence-electron chi connectivity index (χ3n) is 3.95. The number of ketones is 2. The summed E-state index contributed by atoms with van der Waals surface area (Å²) in [6.07, 6.45) is 1.45. The molecule has 0 atom stereocenters. The molecule has 0 unspecified atom stereocenters. The summed E-state index contributed by atoms with van der Waals surface area (Å²) in [5, 5.41) is 20.9. The Hall–Kier alpha value is -2.76. The Bertz CT molecular complexity index is 755. The number of benzene rings is 1. The van der Waals surface area contributed by atoms with Crippen LogP contribution in [0.1, 0.15) is 29.8 Å². The van der Waals surface area contributed by atoms with Gasteiger partial charge in [-0.1, -0.05) is 19.9 Å². The van der Waals surface area contributed by atoms with E-state index in [-0.39, 0.29) is 28.2 Å². The first-order chi connectivity index (χ1) is 10.7. The van der Waals surface area contributed by atoms with Gasteiger partial charge in [0.05, 0.1) is 25.4 Å². The molecule has 6 heteroatoms. The maximum atomic E-state index is 12.4. The Balaban J connectivity index is 2.92. The van der Waals surface area contributed by atoms with Crippen LogP contribution < -0.4 is 9.47 Å². The van der Waals surface area contributed by atoms with Gasteiger partial charge in [-0.05, 0) is 6.07 Å². The zero-order chi connectivity index (χ0) is 17.5. The number of aliphatic hydroxyl groups is 1. The van der Waals surface area contributed by atoms with Gasteiger partial charge < -0.3 is 19.7 Å². The zero-order valence-corrected chi connectivity index (χ0v) is 13.4. The third kappa shape index (κ3) is 2.27. The third-order valence-corrected chi connectivity index (χ3v) is 3.95. The lowest BCUT2D eigenvalue weighted by Gasteiger charge is -2.28. The molecule has 1 aromatic carbocycles. The van der Waals surface area contributed by atoms with Crippen LogP contribution in [0.25, 0.3) is 5.76 Å². The second-order valence-corrected chi connectivity index (χ2v) is 5.69. The first-order valence-electron chi connectivity index (χ1n) is 6.85. The number of Topliss-reactive ketones (excluding diaryl/α,β-unsaturated/α-hetero) is 2. The second kappa shape index (κ2) is 5.46. The molecule has 0 heterocycles. The van der Waals surface area contributed by atoms with E-state index in [1.807, 2.05) is 0 Å². The fraction of sp³-hybridized carbons (Fsp3) is 0.294. The highest BCUT2D eigenvalue weighted by molar-refractivity contribution is 6.52. The Labute approximate surface area is 133 Å². The second-order valence-electron chi connectivity index (χ2n) is 5.69. The molecule has 0 bridgehead atoms. The number of carbonyl (C=O) groups is 2. The number of aromatic hydroxyl groups is 1. The number of hydrogen-bond acceptors (Lipinski definition) is 6. The smallest absolute Gasteiger partial charge is 0.234 e. The van der Waals surface area contributed by atoms with E-state index in [1.165, 1.54) is 26.4 Å². The minimum absolute atomic E-state index is 0.0318. The number of phenols is 1. The van der Waals surface area contributed by atoms with Crippen molar-refractivity contribution in [3.8, 4) is 17.2 Å². The highest BCUT2D eigenvalue weighted by atomic mass is 16.5. The molecule has 0 aliphatic heterocycles. The van der Waals surface area contributed by atoms with Gasteiger partial charge in [-0.2, -0.15) is 0 Å². The summed E-state index contributed by atoms with van der Waals surface area (Å²) in [6.45, 7) is 6.90. The number of carbonyl (C=O) groups excluding carboxylic acids is 2. The normalized spacial score (nSPS) is 14.6. The van der Waals surface area contributed by atoms with Crippen LogP contribution in [0, 0.1) is 5.41 Å². The van der Waals surface area contributed by atoms with Crippen LogP contribution in [0.4, 0.5) is 0 Å². The predicted molar refractivity (Wildman–Crippen MR) is 84.1 cm³/mol. The van der Waals surface area contributed by atoms with Crippen molar-refractivity contribution in [1.82, 2.24) is 0 Å². The quantitative estimate of drug-likeness (QED) is 0.655. The van der Waals surface area contributed by atoms with Gasteiger partial charge in [0.15, 0.2) is 11.5 Å².